The lowest BCUT2D eigenvalue weighted by Gasteiger charge is -2.34. The predicted octanol–water partition coefficient (Wildman–Crippen LogP) is 2.48. The zero-order valence-corrected chi connectivity index (χ0v) is 17.4. The van der Waals surface area contributed by atoms with E-state index in [2.05, 4.69) is 12.1 Å². The van der Waals surface area contributed by atoms with Crippen LogP contribution in [-0.2, 0) is 28.9 Å². The van der Waals surface area contributed by atoms with Crippen molar-refractivity contribution in [1.82, 2.24) is 9.80 Å². The van der Waals surface area contributed by atoms with Gasteiger partial charge in [-0.3, -0.25) is 9.59 Å². The number of aryl methyl sites for hydroxylation is 2. The molecule has 158 valence electrons. The van der Waals surface area contributed by atoms with Crippen LogP contribution in [0.4, 0.5) is 0 Å². The molecule has 1 heterocycles. The highest BCUT2D eigenvalue weighted by molar-refractivity contribution is 5.80. The number of ether oxygens (including phenoxy) is 2. The number of nitrogens with zero attached hydrogens (tertiary/aromatic N) is 2. The van der Waals surface area contributed by atoms with Gasteiger partial charge in [-0.15, -0.1) is 0 Å². The van der Waals surface area contributed by atoms with Gasteiger partial charge in [-0.05, 0) is 60.2 Å². The molecule has 2 aliphatic rings. The van der Waals surface area contributed by atoms with E-state index >= 15 is 0 Å². The maximum absolute atomic E-state index is 12.6. The highest BCUT2D eigenvalue weighted by Gasteiger charge is 2.24. The van der Waals surface area contributed by atoms with E-state index in [1.54, 1.807) is 12.0 Å². The van der Waals surface area contributed by atoms with Crippen molar-refractivity contribution >= 4 is 11.8 Å². The van der Waals surface area contributed by atoms with Gasteiger partial charge in [-0.2, -0.15) is 0 Å². The third kappa shape index (κ3) is 4.75. The Balaban J connectivity index is 1.23. The molecule has 0 aromatic heterocycles. The summed E-state index contributed by atoms with van der Waals surface area (Å²) in [5.74, 6) is 1.55. The van der Waals surface area contributed by atoms with Crippen molar-refractivity contribution in [2.24, 2.45) is 0 Å². The van der Waals surface area contributed by atoms with Crippen molar-refractivity contribution in [2.45, 2.75) is 25.7 Å². The normalized spacial score (nSPS) is 15.6. The van der Waals surface area contributed by atoms with Crippen molar-refractivity contribution in [1.29, 1.82) is 0 Å². The van der Waals surface area contributed by atoms with Crippen molar-refractivity contribution in [2.75, 3.05) is 39.9 Å². The Hall–Kier alpha value is -3.02. The predicted molar refractivity (Wildman–Crippen MR) is 114 cm³/mol. The van der Waals surface area contributed by atoms with Crippen molar-refractivity contribution in [3.63, 3.8) is 0 Å². The number of piperazine rings is 1. The molecule has 1 saturated heterocycles. The number of amides is 2. The molecule has 0 N–H and O–H groups in total. The first-order valence-corrected chi connectivity index (χ1v) is 10.6. The molecule has 2 aromatic carbocycles. The Morgan fingerprint density at radius 3 is 2.37 bits per heavy atom. The van der Waals surface area contributed by atoms with Gasteiger partial charge in [0.25, 0.3) is 5.91 Å². The Morgan fingerprint density at radius 2 is 1.60 bits per heavy atom. The summed E-state index contributed by atoms with van der Waals surface area (Å²) in [6, 6.07) is 13.7. The fourth-order valence-electron chi connectivity index (χ4n) is 4.15. The maximum atomic E-state index is 12.6. The van der Waals surface area contributed by atoms with Crippen LogP contribution in [-0.4, -0.2) is 61.5 Å². The minimum atomic E-state index is -0.0320. The monoisotopic (exact) mass is 408 g/mol. The van der Waals surface area contributed by atoms with Crippen LogP contribution in [0.1, 0.15) is 23.1 Å². The smallest absolute Gasteiger partial charge is 0.260 e. The van der Waals surface area contributed by atoms with Crippen LogP contribution >= 0.6 is 0 Å². The molecule has 6 heteroatoms. The summed E-state index contributed by atoms with van der Waals surface area (Å²) >= 11 is 0. The molecule has 0 saturated carbocycles. The Labute approximate surface area is 177 Å². The van der Waals surface area contributed by atoms with Crippen molar-refractivity contribution in [3.8, 4) is 11.5 Å². The molecule has 0 spiro atoms. The van der Waals surface area contributed by atoms with E-state index in [9.17, 15) is 9.59 Å². The third-order valence-electron chi connectivity index (χ3n) is 5.91. The van der Waals surface area contributed by atoms with E-state index in [4.69, 9.17) is 9.47 Å². The first-order chi connectivity index (χ1) is 14.6. The Morgan fingerprint density at radius 1 is 0.867 bits per heavy atom. The molecular formula is C24H28N2O4. The molecule has 0 radical (unpaired) electrons. The zero-order chi connectivity index (χ0) is 20.9. The van der Waals surface area contributed by atoms with Gasteiger partial charge in [-0.25, -0.2) is 0 Å². The molecule has 30 heavy (non-hydrogen) atoms. The molecule has 2 aromatic rings. The van der Waals surface area contributed by atoms with Crippen LogP contribution < -0.4 is 9.47 Å². The lowest BCUT2D eigenvalue weighted by molar-refractivity contribution is -0.140. The Kier molecular flexibility index (Phi) is 6.21. The minimum absolute atomic E-state index is 0.0320. The summed E-state index contributed by atoms with van der Waals surface area (Å²) in [5, 5.41) is 0. The second-order valence-electron chi connectivity index (χ2n) is 7.86. The highest BCUT2D eigenvalue weighted by Crippen LogP contribution is 2.26. The average molecular weight is 408 g/mol. The molecule has 1 aliphatic heterocycles. The summed E-state index contributed by atoms with van der Waals surface area (Å²) in [4.78, 5) is 28.7. The van der Waals surface area contributed by atoms with Crippen molar-refractivity contribution in [3.05, 3.63) is 59.2 Å². The lowest BCUT2D eigenvalue weighted by Crippen LogP contribution is -2.52. The molecule has 6 nitrogen and oxygen atoms in total. The quantitative estimate of drug-likeness (QED) is 0.737. The molecule has 0 atom stereocenters. The first-order valence-electron chi connectivity index (χ1n) is 10.6. The fraction of sp³-hybridized carbons (Fsp3) is 0.417. The van der Waals surface area contributed by atoms with E-state index in [1.807, 2.05) is 35.2 Å². The van der Waals surface area contributed by atoms with Gasteiger partial charge < -0.3 is 19.3 Å². The van der Waals surface area contributed by atoms with Crippen LogP contribution in [0.2, 0.25) is 0 Å². The summed E-state index contributed by atoms with van der Waals surface area (Å²) in [7, 11) is 1.62. The molecular weight excluding hydrogens is 380 g/mol. The van der Waals surface area contributed by atoms with Gasteiger partial charge in [0.15, 0.2) is 6.61 Å². The van der Waals surface area contributed by atoms with E-state index in [0.29, 0.717) is 32.6 Å². The molecule has 0 unspecified atom stereocenters. The molecule has 0 bridgehead atoms. The van der Waals surface area contributed by atoms with Crippen LogP contribution in [0.15, 0.2) is 42.5 Å². The number of methoxy groups -OCH3 is 1. The summed E-state index contributed by atoms with van der Waals surface area (Å²) in [5.41, 5.74) is 3.66. The van der Waals surface area contributed by atoms with Crippen LogP contribution in [0.5, 0.6) is 11.5 Å². The molecule has 4 rings (SSSR count). The van der Waals surface area contributed by atoms with Gasteiger partial charge in [0.05, 0.1) is 13.5 Å². The molecule has 1 aliphatic carbocycles. The number of fused-ring (bicyclic) bond motifs is 1. The number of benzene rings is 2. The lowest BCUT2D eigenvalue weighted by atomic mass is 10.1. The van der Waals surface area contributed by atoms with Crippen LogP contribution in [0.3, 0.4) is 0 Å². The largest absolute Gasteiger partial charge is 0.497 e. The first kappa shape index (κ1) is 20.3. The average Bonchev–Trinajstić information content (AvgIpc) is 3.25. The second kappa shape index (κ2) is 9.20. The van der Waals surface area contributed by atoms with Crippen LogP contribution in [0.25, 0.3) is 0 Å². The van der Waals surface area contributed by atoms with Gasteiger partial charge in [0.2, 0.25) is 5.91 Å². The minimum Gasteiger partial charge on any atom is -0.497 e. The van der Waals surface area contributed by atoms with Gasteiger partial charge in [0.1, 0.15) is 11.5 Å². The fourth-order valence-corrected chi connectivity index (χ4v) is 4.15. The van der Waals surface area contributed by atoms with E-state index in [1.165, 1.54) is 17.5 Å². The van der Waals surface area contributed by atoms with Gasteiger partial charge in [-0.1, -0.05) is 18.2 Å². The number of hydrogen-bond acceptors (Lipinski definition) is 4. The topological polar surface area (TPSA) is 59.1 Å². The Bertz CT molecular complexity index is 919. The molecule has 1 fully saturated rings. The van der Waals surface area contributed by atoms with E-state index < -0.39 is 0 Å². The van der Waals surface area contributed by atoms with E-state index in [0.717, 1.165) is 29.9 Å². The second-order valence-corrected chi connectivity index (χ2v) is 7.86. The summed E-state index contributed by atoms with van der Waals surface area (Å²) < 4.78 is 11.0. The maximum Gasteiger partial charge on any atom is 0.260 e. The van der Waals surface area contributed by atoms with Crippen molar-refractivity contribution < 1.29 is 19.1 Å². The third-order valence-corrected chi connectivity index (χ3v) is 5.91. The zero-order valence-electron chi connectivity index (χ0n) is 17.4. The number of carbonyl (C=O) groups is 2. The van der Waals surface area contributed by atoms with Gasteiger partial charge >= 0.3 is 0 Å². The standard InChI is InChI=1S/C24H28N2O4/c1-29-21-7-2-4-18(14-21)15-23(27)25-10-12-26(13-11-25)24(28)17-30-22-9-8-19-5-3-6-20(19)16-22/h2,4,7-9,14,16H,3,5-6,10-13,15,17H2,1H3. The van der Waals surface area contributed by atoms with Gasteiger partial charge in [0, 0.05) is 26.2 Å². The number of rotatable bonds is 6. The number of carbonyl (C=O) groups excluding carboxylic acids is 2. The summed E-state index contributed by atoms with van der Waals surface area (Å²) in [6.45, 7) is 2.21. The van der Waals surface area contributed by atoms with E-state index in [-0.39, 0.29) is 18.4 Å². The van der Waals surface area contributed by atoms with Crippen LogP contribution in [0, 0.1) is 0 Å². The number of hydrogen-bond donors (Lipinski definition) is 0. The summed E-state index contributed by atoms with van der Waals surface area (Å²) in [6.07, 6.45) is 3.76. The SMILES string of the molecule is COc1cccc(CC(=O)N2CCN(C(=O)COc3ccc4c(c3)CCC4)CC2)c1. The highest BCUT2D eigenvalue weighted by atomic mass is 16.5. The molecule has 2 amide bonds.